The molecule has 0 aliphatic rings. The predicted molar refractivity (Wildman–Crippen MR) is 131 cm³/mol. The number of rotatable bonds is 15. The zero-order valence-corrected chi connectivity index (χ0v) is 20.5. The van der Waals surface area contributed by atoms with E-state index in [4.69, 9.17) is 5.11 Å². The van der Waals surface area contributed by atoms with Crippen LogP contribution in [0.25, 0.3) is 0 Å². The second-order valence-corrected chi connectivity index (χ2v) is 9.25. The van der Waals surface area contributed by atoms with Crippen molar-refractivity contribution in [1.29, 1.82) is 0 Å². The second kappa shape index (κ2) is 17.0. The van der Waals surface area contributed by atoms with Crippen LogP contribution in [0.5, 0.6) is 0 Å². The van der Waals surface area contributed by atoms with Gasteiger partial charge in [-0.3, -0.25) is 4.79 Å². The van der Waals surface area contributed by atoms with Gasteiger partial charge in [0.15, 0.2) is 0 Å². The van der Waals surface area contributed by atoms with Crippen molar-refractivity contribution in [1.82, 2.24) is 5.32 Å². The molecule has 30 heavy (non-hydrogen) atoms. The summed E-state index contributed by atoms with van der Waals surface area (Å²) in [6.07, 6.45) is 15.7. The van der Waals surface area contributed by atoms with E-state index < -0.39 is 12.0 Å². The molecule has 0 aromatic rings. The summed E-state index contributed by atoms with van der Waals surface area (Å²) < 4.78 is 0. The highest BCUT2D eigenvalue weighted by molar-refractivity contribution is 7.99. The van der Waals surface area contributed by atoms with Crippen molar-refractivity contribution < 1.29 is 14.7 Å². The topological polar surface area (TPSA) is 66.4 Å². The molecule has 0 bridgehead atoms. The molecule has 2 N–H and O–H groups in total. The summed E-state index contributed by atoms with van der Waals surface area (Å²) in [6, 6.07) is -0.822. The third-order valence-electron chi connectivity index (χ3n) is 4.66. The van der Waals surface area contributed by atoms with Crippen LogP contribution in [-0.4, -0.2) is 34.5 Å². The molecule has 0 rings (SSSR count). The molecule has 0 spiro atoms. The van der Waals surface area contributed by atoms with Crippen LogP contribution in [0.15, 0.2) is 46.6 Å². The maximum atomic E-state index is 11.1. The summed E-state index contributed by atoms with van der Waals surface area (Å²) in [6.45, 7) is 12.2. The fourth-order valence-electron chi connectivity index (χ4n) is 2.79. The lowest BCUT2D eigenvalue weighted by Crippen LogP contribution is -2.41. The normalized spacial score (nSPS) is 13.7. The van der Waals surface area contributed by atoms with Gasteiger partial charge >= 0.3 is 5.97 Å². The molecule has 5 heteroatoms. The molecule has 0 aliphatic heterocycles. The summed E-state index contributed by atoms with van der Waals surface area (Å²) in [5.41, 5.74) is 5.61. The minimum absolute atomic E-state index is 0.314. The highest BCUT2D eigenvalue weighted by Gasteiger charge is 2.17. The lowest BCUT2D eigenvalue weighted by atomic mass is 10.0. The Hall–Kier alpha value is -1.75. The Kier molecular flexibility index (Phi) is 16.0. The number of carboxylic acid groups (broad SMARTS) is 1. The Bertz CT molecular complexity index is 655. The molecule has 0 unspecified atom stereocenters. The summed E-state index contributed by atoms with van der Waals surface area (Å²) >= 11 is 1.52. The molecular weight excluding hydrogens is 394 g/mol. The van der Waals surface area contributed by atoms with E-state index in [-0.39, 0.29) is 5.91 Å². The van der Waals surface area contributed by atoms with Crippen LogP contribution >= 0.6 is 11.8 Å². The zero-order valence-electron chi connectivity index (χ0n) is 19.7. The van der Waals surface area contributed by atoms with Gasteiger partial charge in [0.2, 0.25) is 5.91 Å². The Labute approximate surface area is 188 Å². The van der Waals surface area contributed by atoms with E-state index in [2.05, 4.69) is 64.2 Å². The third kappa shape index (κ3) is 17.1. The Morgan fingerprint density at radius 1 is 0.800 bits per heavy atom. The molecule has 0 radical (unpaired) electrons. The van der Waals surface area contributed by atoms with E-state index in [1.54, 1.807) is 0 Å². The predicted octanol–water partition coefficient (Wildman–Crippen LogP) is 6.45. The van der Waals surface area contributed by atoms with Crippen LogP contribution in [-0.2, 0) is 9.59 Å². The van der Waals surface area contributed by atoms with Gasteiger partial charge in [-0.05, 0) is 73.1 Å². The molecular formula is C25H41NO3S. The molecule has 0 aromatic carbocycles. The fraction of sp³-hybridized carbons (Fsp3) is 0.600. The smallest absolute Gasteiger partial charge is 0.327 e. The minimum Gasteiger partial charge on any atom is -0.480 e. The van der Waals surface area contributed by atoms with Crippen molar-refractivity contribution in [3.63, 3.8) is 0 Å². The molecule has 0 heterocycles. The van der Waals surface area contributed by atoms with Gasteiger partial charge in [0.25, 0.3) is 0 Å². The lowest BCUT2D eigenvalue weighted by molar-refractivity contribution is -0.140. The molecule has 170 valence electrons. The van der Waals surface area contributed by atoms with Gasteiger partial charge in [-0.25, -0.2) is 4.79 Å². The molecule has 0 aromatic heterocycles. The second-order valence-electron chi connectivity index (χ2n) is 8.18. The number of hydrogen-bond acceptors (Lipinski definition) is 3. The van der Waals surface area contributed by atoms with Gasteiger partial charge in [-0.1, -0.05) is 46.6 Å². The molecule has 0 fully saturated rings. The highest BCUT2D eigenvalue weighted by Crippen LogP contribution is 2.14. The van der Waals surface area contributed by atoms with Gasteiger partial charge in [-0.15, -0.1) is 0 Å². The number of carbonyl (C=O) groups excluding carboxylic acids is 1. The van der Waals surface area contributed by atoms with E-state index in [1.807, 2.05) is 0 Å². The summed E-state index contributed by atoms with van der Waals surface area (Å²) in [4.78, 5) is 22.1. The third-order valence-corrected chi connectivity index (χ3v) is 5.64. The number of allylic oxidation sites excluding steroid dienone is 7. The molecule has 0 saturated carbocycles. The molecule has 0 aliphatic carbocycles. The van der Waals surface area contributed by atoms with Crippen molar-refractivity contribution in [2.24, 2.45) is 0 Å². The number of amides is 1. The van der Waals surface area contributed by atoms with Crippen LogP contribution < -0.4 is 5.32 Å². The number of carboxylic acids is 1. The maximum Gasteiger partial charge on any atom is 0.327 e. The summed E-state index contributed by atoms with van der Waals surface area (Å²) in [5.74, 6) is -0.170. The molecule has 1 amide bonds. The van der Waals surface area contributed by atoms with Crippen molar-refractivity contribution in [3.05, 3.63) is 46.6 Å². The van der Waals surface area contributed by atoms with Crippen molar-refractivity contribution in [2.75, 3.05) is 11.5 Å². The highest BCUT2D eigenvalue weighted by atomic mass is 32.2. The van der Waals surface area contributed by atoms with Gasteiger partial charge in [0.1, 0.15) is 6.04 Å². The van der Waals surface area contributed by atoms with Crippen LogP contribution in [0.3, 0.4) is 0 Å². The van der Waals surface area contributed by atoms with E-state index in [0.29, 0.717) is 5.75 Å². The van der Waals surface area contributed by atoms with Crippen LogP contribution in [0.4, 0.5) is 0 Å². The quantitative estimate of drug-likeness (QED) is 0.229. The molecule has 1 atom stereocenters. The number of aliphatic carboxylic acids is 1. The standard InChI is InChI=1S/C25H41NO3S/c1-19(2)10-7-11-20(3)12-8-13-21(4)14-9-15-22(5)16-17-30-18-24(25(28)29)26-23(6)27/h10,12,14,16,24H,7-9,11,13,15,17-18H2,1-6H3,(H,26,27)(H,28,29)/b20-12-,21-14+,22-16+/t24-/m0/s1. The lowest BCUT2D eigenvalue weighted by Gasteiger charge is -2.12. The molecule has 0 saturated heterocycles. The van der Waals surface area contributed by atoms with Gasteiger partial charge in [-0.2, -0.15) is 11.8 Å². The average molecular weight is 436 g/mol. The Balaban J connectivity index is 4.12. The first-order chi connectivity index (χ1) is 14.1. The largest absolute Gasteiger partial charge is 0.480 e. The van der Waals surface area contributed by atoms with Gasteiger partial charge in [0, 0.05) is 18.4 Å². The van der Waals surface area contributed by atoms with Crippen molar-refractivity contribution in [2.45, 2.75) is 86.1 Å². The maximum absolute atomic E-state index is 11.1. The Morgan fingerprint density at radius 2 is 1.27 bits per heavy atom. The number of carbonyl (C=O) groups is 2. The van der Waals surface area contributed by atoms with E-state index >= 15 is 0 Å². The summed E-state index contributed by atoms with van der Waals surface area (Å²) in [5, 5.41) is 11.6. The first-order valence-electron chi connectivity index (χ1n) is 10.8. The number of nitrogens with one attached hydrogen (secondary N) is 1. The monoisotopic (exact) mass is 435 g/mol. The van der Waals surface area contributed by atoms with Gasteiger partial charge < -0.3 is 10.4 Å². The van der Waals surface area contributed by atoms with Gasteiger partial charge in [0.05, 0.1) is 0 Å². The van der Waals surface area contributed by atoms with E-state index in [9.17, 15) is 9.59 Å². The zero-order chi connectivity index (χ0) is 22.9. The van der Waals surface area contributed by atoms with Crippen LogP contribution in [0, 0.1) is 0 Å². The van der Waals surface area contributed by atoms with Crippen molar-refractivity contribution in [3.8, 4) is 0 Å². The Morgan fingerprint density at radius 3 is 1.70 bits per heavy atom. The SMILES string of the molecule is CC(=O)N[C@@H](CSC/C=C(\C)CC/C=C(\C)CC/C=C(/C)CCC=C(C)C)C(=O)O. The summed E-state index contributed by atoms with van der Waals surface area (Å²) in [7, 11) is 0. The van der Waals surface area contributed by atoms with Crippen LogP contribution in [0.2, 0.25) is 0 Å². The van der Waals surface area contributed by atoms with Crippen molar-refractivity contribution >= 4 is 23.6 Å². The van der Waals surface area contributed by atoms with E-state index in [0.717, 1.165) is 44.3 Å². The number of thioether (sulfide) groups is 1. The van der Waals surface area contributed by atoms with E-state index in [1.165, 1.54) is 41.0 Å². The average Bonchev–Trinajstić information content (AvgIpc) is 2.63. The first kappa shape index (κ1) is 28.2. The first-order valence-corrected chi connectivity index (χ1v) is 11.9. The van der Waals surface area contributed by atoms with Crippen LogP contribution in [0.1, 0.15) is 80.1 Å². The number of hydrogen-bond donors (Lipinski definition) is 2. The fourth-order valence-corrected chi connectivity index (χ4v) is 3.79. The molecule has 4 nitrogen and oxygen atoms in total. The minimum atomic E-state index is -0.989.